The number of non-ortho nitro benzene ring substituents is 1. The molecule has 24 heavy (non-hydrogen) atoms. The smallest absolute Gasteiger partial charge is 0.292 e. The molecule has 0 aliphatic carbocycles. The summed E-state index contributed by atoms with van der Waals surface area (Å²) >= 11 is 0. The lowest BCUT2D eigenvalue weighted by Crippen LogP contribution is -2.30. The van der Waals surface area contributed by atoms with Gasteiger partial charge in [-0.25, -0.2) is 0 Å². The van der Waals surface area contributed by atoms with Crippen LogP contribution in [0.2, 0.25) is 0 Å². The van der Waals surface area contributed by atoms with Gasteiger partial charge < -0.3 is 10.1 Å². The van der Waals surface area contributed by atoms with E-state index >= 15 is 0 Å². The fourth-order valence-electron chi connectivity index (χ4n) is 1.90. The zero-order valence-corrected chi connectivity index (χ0v) is 12.5. The topological polar surface area (TPSA) is 125 Å². The van der Waals surface area contributed by atoms with Crippen LogP contribution in [-0.2, 0) is 4.79 Å². The predicted molar refractivity (Wildman–Crippen MR) is 84.9 cm³/mol. The molecule has 0 fully saturated rings. The molecule has 0 heterocycles. The molecule has 0 aromatic heterocycles. The summed E-state index contributed by atoms with van der Waals surface area (Å²) in [6.45, 7) is 1.43. The van der Waals surface area contributed by atoms with Crippen LogP contribution in [0.5, 0.6) is 5.75 Å². The zero-order valence-electron chi connectivity index (χ0n) is 12.5. The number of para-hydroxylation sites is 2. The van der Waals surface area contributed by atoms with Crippen molar-refractivity contribution in [1.82, 2.24) is 0 Å². The first-order valence-corrected chi connectivity index (χ1v) is 6.84. The van der Waals surface area contributed by atoms with Crippen LogP contribution >= 0.6 is 0 Å². The van der Waals surface area contributed by atoms with Crippen molar-refractivity contribution in [1.29, 1.82) is 0 Å². The maximum absolute atomic E-state index is 12.1. The van der Waals surface area contributed by atoms with Crippen molar-refractivity contribution in [2.24, 2.45) is 0 Å². The van der Waals surface area contributed by atoms with Crippen molar-refractivity contribution in [3.8, 4) is 5.75 Å². The highest BCUT2D eigenvalue weighted by Gasteiger charge is 2.20. The molecule has 124 valence electrons. The van der Waals surface area contributed by atoms with E-state index < -0.39 is 21.9 Å². The Morgan fingerprint density at radius 3 is 2.46 bits per heavy atom. The number of rotatable bonds is 6. The van der Waals surface area contributed by atoms with Gasteiger partial charge in [0.25, 0.3) is 17.3 Å². The maximum atomic E-state index is 12.1. The third kappa shape index (κ3) is 4.03. The van der Waals surface area contributed by atoms with Crippen LogP contribution in [-0.4, -0.2) is 21.9 Å². The Balaban J connectivity index is 2.09. The lowest BCUT2D eigenvalue weighted by atomic mass is 10.2. The van der Waals surface area contributed by atoms with Gasteiger partial charge in [0, 0.05) is 12.1 Å². The number of nitrogens with zero attached hydrogens (tertiary/aromatic N) is 2. The van der Waals surface area contributed by atoms with E-state index in [-0.39, 0.29) is 22.8 Å². The van der Waals surface area contributed by atoms with Gasteiger partial charge in [-0.05, 0) is 19.1 Å². The minimum absolute atomic E-state index is 0.0435. The second kappa shape index (κ2) is 7.18. The SMILES string of the molecule is C[C@@H](Oc1cccc([N+](=O)[O-])c1)C(=O)Nc1ccccc1[N+](=O)[O-]. The molecular weight excluding hydrogens is 318 g/mol. The molecule has 2 aromatic rings. The minimum Gasteiger partial charge on any atom is -0.481 e. The number of carbonyl (C=O) groups is 1. The summed E-state index contributed by atoms with van der Waals surface area (Å²) in [5.74, 6) is -0.467. The van der Waals surface area contributed by atoms with Crippen LogP contribution in [0.25, 0.3) is 0 Å². The second-order valence-electron chi connectivity index (χ2n) is 4.78. The Kier molecular flexibility index (Phi) is 5.05. The number of benzene rings is 2. The van der Waals surface area contributed by atoms with Crippen molar-refractivity contribution in [3.63, 3.8) is 0 Å². The number of hydrogen-bond acceptors (Lipinski definition) is 6. The molecule has 0 radical (unpaired) electrons. The van der Waals surface area contributed by atoms with Gasteiger partial charge in [-0.2, -0.15) is 0 Å². The second-order valence-corrected chi connectivity index (χ2v) is 4.78. The Hall–Kier alpha value is -3.49. The van der Waals surface area contributed by atoms with Crippen LogP contribution in [0.1, 0.15) is 6.92 Å². The van der Waals surface area contributed by atoms with Crippen molar-refractivity contribution in [2.45, 2.75) is 13.0 Å². The molecule has 1 N–H and O–H groups in total. The maximum Gasteiger partial charge on any atom is 0.292 e. The van der Waals surface area contributed by atoms with E-state index in [9.17, 15) is 25.0 Å². The van der Waals surface area contributed by atoms with E-state index in [1.54, 1.807) is 6.07 Å². The van der Waals surface area contributed by atoms with Crippen molar-refractivity contribution < 1.29 is 19.4 Å². The third-order valence-electron chi connectivity index (χ3n) is 3.07. The van der Waals surface area contributed by atoms with Crippen LogP contribution < -0.4 is 10.1 Å². The summed E-state index contributed by atoms with van der Waals surface area (Å²) in [5.41, 5.74) is -0.366. The summed E-state index contributed by atoms with van der Waals surface area (Å²) in [7, 11) is 0. The van der Waals surface area contributed by atoms with E-state index in [1.165, 1.54) is 49.4 Å². The number of amides is 1. The molecule has 0 saturated heterocycles. The van der Waals surface area contributed by atoms with E-state index in [0.717, 1.165) is 0 Å². The third-order valence-corrected chi connectivity index (χ3v) is 3.07. The van der Waals surface area contributed by atoms with Crippen molar-refractivity contribution in [3.05, 3.63) is 68.8 Å². The van der Waals surface area contributed by atoms with Gasteiger partial charge in [-0.15, -0.1) is 0 Å². The number of hydrogen-bond donors (Lipinski definition) is 1. The Morgan fingerprint density at radius 1 is 1.08 bits per heavy atom. The van der Waals surface area contributed by atoms with Crippen LogP contribution in [0.3, 0.4) is 0 Å². The van der Waals surface area contributed by atoms with Gasteiger partial charge in [0.1, 0.15) is 11.4 Å². The monoisotopic (exact) mass is 331 g/mol. The molecule has 0 spiro atoms. The summed E-state index contributed by atoms with van der Waals surface area (Å²) in [5, 5.41) is 24.1. The molecule has 2 aromatic carbocycles. The van der Waals surface area contributed by atoms with Crippen LogP contribution in [0.15, 0.2) is 48.5 Å². The summed E-state index contributed by atoms with van der Waals surface area (Å²) in [6, 6.07) is 11.1. The number of nitro benzene ring substituents is 2. The van der Waals surface area contributed by atoms with Crippen molar-refractivity contribution in [2.75, 3.05) is 5.32 Å². The summed E-state index contributed by atoms with van der Waals surface area (Å²) in [4.78, 5) is 32.6. The molecule has 9 nitrogen and oxygen atoms in total. The minimum atomic E-state index is -1.01. The fourth-order valence-corrected chi connectivity index (χ4v) is 1.90. The normalized spacial score (nSPS) is 11.4. The molecule has 1 amide bonds. The highest BCUT2D eigenvalue weighted by atomic mass is 16.6. The quantitative estimate of drug-likeness (QED) is 0.641. The summed E-state index contributed by atoms with van der Waals surface area (Å²) in [6.07, 6.45) is -1.01. The van der Waals surface area contributed by atoms with Gasteiger partial charge in [0.05, 0.1) is 15.9 Å². The number of carbonyl (C=O) groups excluding carboxylic acids is 1. The first-order valence-electron chi connectivity index (χ1n) is 6.84. The largest absolute Gasteiger partial charge is 0.481 e. The molecule has 0 bridgehead atoms. The van der Waals surface area contributed by atoms with E-state index in [0.29, 0.717) is 0 Å². The Morgan fingerprint density at radius 2 is 1.79 bits per heavy atom. The van der Waals surface area contributed by atoms with Crippen LogP contribution in [0.4, 0.5) is 17.1 Å². The molecule has 2 rings (SSSR count). The lowest BCUT2D eigenvalue weighted by Gasteiger charge is -2.14. The number of anilines is 1. The van der Waals surface area contributed by atoms with E-state index in [1.807, 2.05) is 0 Å². The van der Waals surface area contributed by atoms with Crippen LogP contribution in [0, 0.1) is 20.2 Å². The number of nitrogens with one attached hydrogen (secondary N) is 1. The van der Waals surface area contributed by atoms with Gasteiger partial charge in [0.15, 0.2) is 6.10 Å². The average molecular weight is 331 g/mol. The van der Waals surface area contributed by atoms with Crippen molar-refractivity contribution >= 4 is 23.0 Å². The van der Waals surface area contributed by atoms with Gasteiger partial charge in [0.2, 0.25) is 0 Å². The van der Waals surface area contributed by atoms with Gasteiger partial charge in [-0.1, -0.05) is 18.2 Å². The van der Waals surface area contributed by atoms with Gasteiger partial charge in [-0.3, -0.25) is 25.0 Å². The first-order chi connectivity index (χ1) is 11.4. The van der Waals surface area contributed by atoms with E-state index in [4.69, 9.17) is 4.74 Å². The Bertz CT molecular complexity index is 792. The fraction of sp³-hybridized carbons (Fsp3) is 0.133. The number of nitro groups is 2. The molecular formula is C15H13N3O6. The highest BCUT2D eigenvalue weighted by Crippen LogP contribution is 2.24. The zero-order chi connectivity index (χ0) is 17.7. The Labute approximate surface area is 136 Å². The van der Waals surface area contributed by atoms with Gasteiger partial charge >= 0.3 is 0 Å². The molecule has 0 aliphatic rings. The summed E-state index contributed by atoms with van der Waals surface area (Å²) < 4.78 is 5.35. The standard InChI is InChI=1S/C15H13N3O6/c1-10(24-12-6-4-5-11(9-12)17(20)21)15(19)16-13-7-2-3-8-14(13)18(22)23/h2-10H,1H3,(H,16,19)/t10-/m1/s1. The molecule has 1 atom stereocenters. The highest BCUT2D eigenvalue weighted by molar-refractivity contribution is 5.96. The molecule has 0 unspecified atom stereocenters. The lowest BCUT2D eigenvalue weighted by molar-refractivity contribution is -0.385. The van der Waals surface area contributed by atoms with E-state index in [2.05, 4.69) is 5.32 Å². The number of ether oxygens (including phenoxy) is 1. The molecule has 0 saturated carbocycles. The average Bonchev–Trinajstić information content (AvgIpc) is 2.55. The first kappa shape index (κ1) is 16.9. The predicted octanol–water partition coefficient (Wildman–Crippen LogP) is 2.91. The molecule has 9 heteroatoms. The molecule has 0 aliphatic heterocycles.